The van der Waals surface area contributed by atoms with E-state index in [1.165, 1.54) is 0 Å². The van der Waals surface area contributed by atoms with E-state index in [0.717, 1.165) is 12.8 Å². The van der Waals surface area contributed by atoms with Crippen LogP contribution in [0.5, 0.6) is 0 Å². The summed E-state index contributed by atoms with van der Waals surface area (Å²) in [4.78, 5) is 11.7. The highest BCUT2D eigenvalue weighted by atomic mass is 35.5. The van der Waals surface area contributed by atoms with Crippen molar-refractivity contribution in [1.82, 2.24) is 0 Å². The molecule has 0 heterocycles. The Morgan fingerprint density at radius 1 is 1.35 bits per heavy atom. The van der Waals surface area contributed by atoms with Gasteiger partial charge in [0.15, 0.2) is 0 Å². The lowest BCUT2D eigenvalue weighted by Crippen LogP contribution is -2.15. The predicted octanol–water partition coefficient (Wildman–Crippen LogP) is 4.76. The summed E-state index contributed by atoms with van der Waals surface area (Å²) in [5.41, 5.74) is 0.688. The van der Waals surface area contributed by atoms with Crippen molar-refractivity contribution in [2.45, 2.75) is 33.1 Å². The molecule has 1 N–H and O–H groups in total. The molecule has 0 saturated heterocycles. The number of rotatable bonds is 5. The van der Waals surface area contributed by atoms with Gasteiger partial charge in [0.25, 0.3) is 0 Å². The zero-order valence-corrected chi connectivity index (χ0v) is 11.6. The van der Waals surface area contributed by atoms with Crippen LogP contribution in [0.2, 0.25) is 10.0 Å². The van der Waals surface area contributed by atoms with Gasteiger partial charge in [-0.2, -0.15) is 0 Å². The summed E-state index contributed by atoms with van der Waals surface area (Å²) in [6, 6.07) is 5.08. The molecule has 1 aromatic carbocycles. The molecule has 0 spiro atoms. The van der Waals surface area contributed by atoms with E-state index >= 15 is 0 Å². The fourth-order valence-electron chi connectivity index (χ4n) is 1.70. The third kappa shape index (κ3) is 4.97. The zero-order valence-electron chi connectivity index (χ0n) is 10.1. The summed E-state index contributed by atoms with van der Waals surface area (Å²) >= 11 is 11.7. The van der Waals surface area contributed by atoms with Gasteiger partial charge in [-0.15, -0.1) is 0 Å². The van der Waals surface area contributed by atoms with Crippen LogP contribution in [0.3, 0.4) is 0 Å². The Balaban J connectivity index is 2.53. The van der Waals surface area contributed by atoms with E-state index in [9.17, 15) is 4.79 Å². The van der Waals surface area contributed by atoms with Gasteiger partial charge in [0.2, 0.25) is 5.91 Å². The van der Waals surface area contributed by atoms with Gasteiger partial charge in [0.05, 0.1) is 10.0 Å². The molecule has 0 fully saturated rings. The lowest BCUT2D eigenvalue weighted by atomic mass is 10.0. The summed E-state index contributed by atoms with van der Waals surface area (Å²) < 4.78 is 0. The second-order valence-electron chi connectivity index (χ2n) is 4.28. The maximum Gasteiger partial charge on any atom is 0.224 e. The molecule has 17 heavy (non-hydrogen) atoms. The average Bonchev–Trinajstić information content (AvgIpc) is 2.23. The second kappa shape index (κ2) is 6.87. The first-order valence-corrected chi connectivity index (χ1v) is 6.53. The highest BCUT2D eigenvalue weighted by Crippen LogP contribution is 2.25. The number of benzene rings is 1. The largest absolute Gasteiger partial charge is 0.326 e. The van der Waals surface area contributed by atoms with Gasteiger partial charge in [0, 0.05) is 12.1 Å². The van der Waals surface area contributed by atoms with Crippen molar-refractivity contribution in [1.29, 1.82) is 0 Å². The summed E-state index contributed by atoms with van der Waals surface area (Å²) in [5.74, 6) is 0.423. The Labute approximate surface area is 112 Å². The lowest BCUT2D eigenvalue weighted by molar-refractivity contribution is -0.117. The minimum Gasteiger partial charge on any atom is -0.326 e. The molecule has 94 valence electrons. The molecule has 0 saturated carbocycles. The van der Waals surface area contributed by atoms with Crippen LogP contribution in [-0.4, -0.2) is 5.91 Å². The molecule has 0 aliphatic carbocycles. The zero-order chi connectivity index (χ0) is 12.8. The van der Waals surface area contributed by atoms with Crippen LogP contribution in [-0.2, 0) is 4.79 Å². The van der Waals surface area contributed by atoms with Crippen molar-refractivity contribution < 1.29 is 4.79 Å². The molecular formula is C13H17Cl2NO. The van der Waals surface area contributed by atoms with Crippen molar-refractivity contribution in [2.75, 3.05) is 5.32 Å². The van der Waals surface area contributed by atoms with Gasteiger partial charge >= 0.3 is 0 Å². The molecule has 1 amide bonds. The van der Waals surface area contributed by atoms with Crippen molar-refractivity contribution in [3.05, 3.63) is 28.2 Å². The average molecular weight is 274 g/mol. The number of hydrogen-bond donors (Lipinski definition) is 1. The van der Waals surface area contributed by atoms with Crippen LogP contribution in [0.1, 0.15) is 33.1 Å². The van der Waals surface area contributed by atoms with Crippen molar-refractivity contribution >= 4 is 34.8 Å². The highest BCUT2D eigenvalue weighted by molar-refractivity contribution is 6.42. The van der Waals surface area contributed by atoms with E-state index < -0.39 is 0 Å². The Hall–Kier alpha value is -0.730. The number of carbonyl (C=O) groups is 1. The number of hydrogen-bond acceptors (Lipinski definition) is 1. The molecule has 0 aromatic heterocycles. The van der Waals surface area contributed by atoms with E-state index in [1.807, 2.05) is 0 Å². The smallest absolute Gasteiger partial charge is 0.224 e. The molecule has 0 aliphatic rings. The topological polar surface area (TPSA) is 29.1 Å². The summed E-state index contributed by atoms with van der Waals surface area (Å²) in [6.07, 6.45) is 2.70. The summed E-state index contributed by atoms with van der Waals surface area (Å²) in [6.45, 7) is 4.20. The van der Waals surface area contributed by atoms with E-state index in [1.54, 1.807) is 18.2 Å². The minimum atomic E-state index is 0.0179. The molecule has 0 bridgehead atoms. The first-order chi connectivity index (χ1) is 8.02. The Kier molecular flexibility index (Phi) is 5.79. The quantitative estimate of drug-likeness (QED) is 0.824. The fourth-order valence-corrected chi connectivity index (χ4v) is 2.00. The van der Waals surface area contributed by atoms with Gasteiger partial charge in [-0.05, 0) is 24.1 Å². The number of anilines is 1. The van der Waals surface area contributed by atoms with Crippen molar-refractivity contribution in [2.24, 2.45) is 5.92 Å². The Morgan fingerprint density at radius 2 is 2.06 bits per heavy atom. The monoisotopic (exact) mass is 273 g/mol. The first-order valence-electron chi connectivity index (χ1n) is 5.77. The van der Waals surface area contributed by atoms with E-state index in [0.29, 0.717) is 28.1 Å². The third-order valence-corrected chi connectivity index (χ3v) is 3.26. The second-order valence-corrected chi connectivity index (χ2v) is 5.09. The maximum absolute atomic E-state index is 11.7. The number of halogens is 2. The molecule has 4 heteroatoms. The van der Waals surface area contributed by atoms with Crippen LogP contribution < -0.4 is 5.32 Å². The normalized spacial score (nSPS) is 12.2. The minimum absolute atomic E-state index is 0.0179. The number of carbonyl (C=O) groups excluding carboxylic acids is 1. The van der Waals surface area contributed by atoms with Gasteiger partial charge in [-0.25, -0.2) is 0 Å². The van der Waals surface area contributed by atoms with Crippen LogP contribution in [0.4, 0.5) is 5.69 Å². The van der Waals surface area contributed by atoms with E-state index in [2.05, 4.69) is 19.2 Å². The van der Waals surface area contributed by atoms with E-state index in [-0.39, 0.29) is 5.91 Å². The third-order valence-electron chi connectivity index (χ3n) is 2.52. The van der Waals surface area contributed by atoms with Crippen LogP contribution in [0.15, 0.2) is 18.2 Å². The molecule has 0 radical (unpaired) electrons. The number of amides is 1. The predicted molar refractivity (Wildman–Crippen MR) is 73.8 cm³/mol. The first kappa shape index (κ1) is 14.3. The maximum atomic E-state index is 11.7. The molecule has 1 aromatic rings. The lowest BCUT2D eigenvalue weighted by Gasteiger charge is -2.10. The molecule has 1 unspecified atom stereocenters. The van der Waals surface area contributed by atoms with Gasteiger partial charge in [-0.3, -0.25) is 4.79 Å². The molecule has 1 atom stereocenters. The van der Waals surface area contributed by atoms with Crippen molar-refractivity contribution in [3.8, 4) is 0 Å². The summed E-state index contributed by atoms with van der Waals surface area (Å²) in [7, 11) is 0. The van der Waals surface area contributed by atoms with E-state index in [4.69, 9.17) is 23.2 Å². The molecule has 2 nitrogen and oxygen atoms in total. The molecule has 0 aliphatic heterocycles. The highest BCUT2D eigenvalue weighted by Gasteiger charge is 2.09. The standard InChI is InChI=1S/C13H17Cl2NO/c1-3-4-9(2)7-13(17)16-10-5-6-11(14)12(15)8-10/h5-6,8-9H,3-4,7H2,1-2H3,(H,16,17). The summed E-state index contributed by atoms with van der Waals surface area (Å²) in [5, 5.41) is 3.76. The van der Waals surface area contributed by atoms with Gasteiger partial charge in [-0.1, -0.05) is 49.9 Å². The molecular weight excluding hydrogens is 257 g/mol. The van der Waals surface area contributed by atoms with Crippen LogP contribution in [0, 0.1) is 5.92 Å². The van der Waals surface area contributed by atoms with Gasteiger partial charge < -0.3 is 5.32 Å². The van der Waals surface area contributed by atoms with Crippen LogP contribution >= 0.6 is 23.2 Å². The van der Waals surface area contributed by atoms with Gasteiger partial charge in [0.1, 0.15) is 0 Å². The fraction of sp³-hybridized carbons (Fsp3) is 0.462. The van der Waals surface area contributed by atoms with Crippen molar-refractivity contribution in [3.63, 3.8) is 0 Å². The molecule has 1 rings (SSSR count). The Morgan fingerprint density at radius 3 is 2.65 bits per heavy atom. The number of nitrogens with one attached hydrogen (secondary N) is 1. The Bertz CT molecular complexity index is 393. The SMILES string of the molecule is CCCC(C)CC(=O)Nc1ccc(Cl)c(Cl)c1. The van der Waals surface area contributed by atoms with Crippen LogP contribution in [0.25, 0.3) is 0 Å².